The smallest absolute Gasteiger partial charge is 0.130 e. The van der Waals surface area contributed by atoms with E-state index in [1.807, 2.05) is 12.1 Å². The Bertz CT molecular complexity index is 616. The average molecular weight is 375 g/mol. The van der Waals surface area contributed by atoms with Crippen molar-refractivity contribution in [1.82, 2.24) is 0 Å². The zero-order valence-corrected chi connectivity index (χ0v) is 17.7. The first-order valence-corrected chi connectivity index (χ1v) is 11.1. The maximum Gasteiger partial charge on any atom is 0.130 e. The van der Waals surface area contributed by atoms with Crippen LogP contribution in [0.5, 0.6) is 17.2 Å². The van der Waals surface area contributed by atoms with E-state index in [4.69, 9.17) is 9.47 Å². The van der Waals surface area contributed by atoms with Crippen LogP contribution in [0.3, 0.4) is 0 Å². The van der Waals surface area contributed by atoms with E-state index in [9.17, 15) is 5.11 Å². The van der Waals surface area contributed by atoms with E-state index < -0.39 is 0 Å². The van der Waals surface area contributed by atoms with Crippen molar-refractivity contribution in [3.63, 3.8) is 0 Å². The molecule has 0 amide bonds. The molecule has 27 heavy (non-hydrogen) atoms. The van der Waals surface area contributed by atoms with Crippen molar-refractivity contribution >= 4 is 0 Å². The first kappa shape index (κ1) is 20.4. The molecule has 152 valence electrons. The van der Waals surface area contributed by atoms with Crippen LogP contribution in [0.25, 0.3) is 0 Å². The van der Waals surface area contributed by atoms with Crippen LogP contribution in [0, 0.1) is 5.92 Å². The fourth-order valence-electron chi connectivity index (χ4n) is 5.00. The first-order valence-electron chi connectivity index (χ1n) is 11.1. The summed E-state index contributed by atoms with van der Waals surface area (Å²) in [6.45, 7) is 8.67. The number of phenolic OH excluding ortho intramolecular Hbond substituents is 1. The minimum Gasteiger partial charge on any atom is -0.507 e. The molecule has 2 atom stereocenters. The Hall–Kier alpha value is -1.38. The van der Waals surface area contributed by atoms with Crippen LogP contribution >= 0.6 is 0 Å². The number of hydrogen-bond acceptors (Lipinski definition) is 3. The molecule has 0 bridgehead atoms. The molecule has 3 rings (SSSR count). The predicted octanol–water partition coefficient (Wildman–Crippen LogP) is 6.96. The van der Waals surface area contributed by atoms with Crippen molar-refractivity contribution < 1.29 is 14.6 Å². The molecule has 2 aliphatic rings. The fraction of sp³-hybridized carbons (Fsp3) is 0.750. The fourth-order valence-corrected chi connectivity index (χ4v) is 5.00. The second-order valence-corrected chi connectivity index (χ2v) is 9.35. The molecule has 1 saturated carbocycles. The van der Waals surface area contributed by atoms with Gasteiger partial charge in [0.1, 0.15) is 22.8 Å². The molecule has 1 aromatic carbocycles. The van der Waals surface area contributed by atoms with Gasteiger partial charge in [0.15, 0.2) is 0 Å². The second-order valence-electron chi connectivity index (χ2n) is 9.35. The third-order valence-corrected chi connectivity index (χ3v) is 6.33. The summed E-state index contributed by atoms with van der Waals surface area (Å²) in [5.41, 5.74) is 0.819. The van der Waals surface area contributed by atoms with Crippen molar-refractivity contribution in [3.05, 3.63) is 17.7 Å². The summed E-state index contributed by atoms with van der Waals surface area (Å²) >= 11 is 0. The van der Waals surface area contributed by atoms with Crippen LogP contribution < -0.4 is 9.47 Å². The normalized spacial score (nSPS) is 23.3. The lowest BCUT2D eigenvalue weighted by atomic mass is 9.71. The highest BCUT2D eigenvalue weighted by Crippen LogP contribution is 2.52. The third-order valence-electron chi connectivity index (χ3n) is 6.33. The highest BCUT2D eigenvalue weighted by Gasteiger charge is 2.40. The molecule has 0 aromatic heterocycles. The second kappa shape index (κ2) is 8.75. The van der Waals surface area contributed by atoms with Gasteiger partial charge in [-0.3, -0.25) is 0 Å². The summed E-state index contributed by atoms with van der Waals surface area (Å²) in [7, 11) is 0. The van der Waals surface area contributed by atoms with Gasteiger partial charge in [-0.25, -0.2) is 0 Å². The lowest BCUT2D eigenvalue weighted by Gasteiger charge is -2.42. The summed E-state index contributed by atoms with van der Waals surface area (Å²) in [5, 5.41) is 10.9. The van der Waals surface area contributed by atoms with Gasteiger partial charge in [-0.2, -0.15) is 0 Å². The number of phenols is 1. The molecule has 1 aliphatic carbocycles. The van der Waals surface area contributed by atoms with Gasteiger partial charge in [0.05, 0.1) is 6.10 Å². The molecule has 1 aromatic rings. The van der Waals surface area contributed by atoms with Gasteiger partial charge < -0.3 is 14.6 Å². The lowest BCUT2D eigenvalue weighted by Crippen LogP contribution is -2.37. The van der Waals surface area contributed by atoms with Gasteiger partial charge >= 0.3 is 0 Å². The minimum atomic E-state index is -0.201. The van der Waals surface area contributed by atoms with Crippen molar-refractivity contribution in [1.29, 1.82) is 0 Å². The number of unbranched alkanes of at least 4 members (excludes halogenated alkanes) is 2. The highest BCUT2D eigenvalue weighted by atomic mass is 16.5. The standard InChI is InChI=1S/C24H38O3/c1-5-6-8-11-17(2)26-19-14-21(25)23-20(18-12-9-7-10-13-18)16-24(3,4)27-22(23)15-19/h14-15,17-18,20,25H,5-13,16H2,1-4H3. The summed E-state index contributed by atoms with van der Waals surface area (Å²) in [6.07, 6.45) is 12.3. The van der Waals surface area contributed by atoms with Crippen molar-refractivity contribution in [2.75, 3.05) is 0 Å². The van der Waals surface area contributed by atoms with E-state index in [-0.39, 0.29) is 11.7 Å². The Balaban J connectivity index is 1.81. The van der Waals surface area contributed by atoms with Crippen molar-refractivity contribution in [2.24, 2.45) is 5.92 Å². The van der Waals surface area contributed by atoms with Crippen LogP contribution in [0.2, 0.25) is 0 Å². The Morgan fingerprint density at radius 1 is 1.19 bits per heavy atom. The summed E-state index contributed by atoms with van der Waals surface area (Å²) in [5.74, 6) is 2.97. The molecule has 1 aliphatic heterocycles. The number of rotatable bonds is 7. The number of benzene rings is 1. The highest BCUT2D eigenvalue weighted by molar-refractivity contribution is 5.53. The predicted molar refractivity (Wildman–Crippen MR) is 111 cm³/mol. The van der Waals surface area contributed by atoms with Crippen LogP contribution in [0.15, 0.2) is 12.1 Å². The average Bonchev–Trinajstić information content (AvgIpc) is 2.60. The maximum atomic E-state index is 10.9. The Labute approximate surface area is 165 Å². The Morgan fingerprint density at radius 2 is 1.93 bits per heavy atom. The zero-order chi connectivity index (χ0) is 19.4. The molecule has 0 spiro atoms. The molecule has 3 heteroatoms. The molecule has 2 unspecified atom stereocenters. The Morgan fingerprint density at radius 3 is 2.63 bits per heavy atom. The lowest BCUT2D eigenvalue weighted by molar-refractivity contribution is 0.0544. The van der Waals surface area contributed by atoms with E-state index in [1.54, 1.807) is 0 Å². The molecular formula is C24H38O3. The van der Waals surface area contributed by atoms with Crippen LogP contribution in [-0.4, -0.2) is 16.8 Å². The molecular weight excluding hydrogens is 336 g/mol. The SMILES string of the molecule is CCCCCC(C)Oc1cc(O)c2c(c1)OC(C)(C)CC2C1CCCCC1. The monoisotopic (exact) mass is 374 g/mol. The van der Waals surface area contributed by atoms with Crippen molar-refractivity contribution in [2.45, 2.75) is 110 Å². The van der Waals surface area contributed by atoms with Crippen LogP contribution in [-0.2, 0) is 0 Å². The van der Waals surface area contributed by atoms with E-state index >= 15 is 0 Å². The summed E-state index contributed by atoms with van der Waals surface area (Å²) in [4.78, 5) is 0. The molecule has 0 saturated heterocycles. The van der Waals surface area contributed by atoms with Gasteiger partial charge in [-0.05, 0) is 64.7 Å². The van der Waals surface area contributed by atoms with Gasteiger partial charge in [-0.1, -0.05) is 39.0 Å². The van der Waals surface area contributed by atoms with Gasteiger partial charge in [0, 0.05) is 17.7 Å². The minimum absolute atomic E-state index is 0.153. The number of ether oxygens (including phenoxy) is 2. The van der Waals surface area contributed by atoms with Gasteiger partial charge in [0.25, 0.3) is 0 Å². The van der Waals surface area contributed by atoms with Gasteiger partial charge in [-0.15, -0.1) is 0 Å². The number of hydrogen-bond donors (Lipinski definition) is 1. The number of aromatic hydroxyl groups is 1. The van der Waals surface area contributed by atoms with E-state index in [0.717, 1.165) is 29.9 Å². The molecule has 1 heterocycles. The summed E-state index contributed by atoms with van der Waals surface area (Å²) < 4.78 is 12.4. The quantitative estimate of drug-likeness (QED) is 0.524. The van der Waals surface area contributed by atoms with Crippen LogP contribution in [0.4, 0.5) is 0 Å². The Kier molecular flexibility index (Phi) is 6.60. The number of fused-ring (bicyclic) bond motifs is 1. The largest absolute Gasteiger partial charge is 0.507 e. The molecule has 1 fully saturated rings. The third kappa shape index (κ3) is 5.12. The molecule has 1 N–H and O–H groups in total. The molecule has 3 nitrogen and oxygen atoms in total. The van der Waals surface area contributed by atoms with E-state index in [0.29, 0.717) is 17.6 Å². The summed E-state index contributed by atoms with van der Waals surface area (Å²) in [6, 6.07) is 3.83. The molecule has 0 radical (unpaired) electrons. The van der Waals surface area contributed by atoms with E-state index in [1.165, 1.54) is 51.4 Å². The van der Waals surface area contributed by atoms with Crippen LogP contribution in [0.1, 0.15) is 103 Å². The topological polar surface area (TPSA) is 38.7 Å². The van der Waals surface area contributed by atoms with Gasteiger partial charge in [0.2, 0.25) is 0 Å². The maximum absolute atomic E-state index is 10.9. The first-order chi connectivity index (χ1) is 12.9. The van der Waals surface area contributed by atoms with Crippen molar-refractivity contribution in [3.8, 4) is 17.2 Å². The van der Waals surface area contributed by atoms with E-state index in [2.05, 4.69) is 27.7 Å². The zero-order valence-electron chi connectivity index (χ0n) is 17.7.